The van der Waals surface area contributed by atoms with Crippen LogP contribution in [0.5, 0.6) is 11.5 Å². The van der Waals surface area contributed by atoms with Gasteiger partial charge in [0.15, 0.2) is 23.6 Å². The number of carbonyl (C=O) groups is 2. The van der Waals surface area contributed by atoms with Gasteiger partial charge in [0.25, 0.3) is 5.91 Å². The SMILES string of the molecule is COc1ccc(C(Nc2nc(Cl)nc3c2ncn3[C@@H]2CC(N(O)C(=O)COC(C)=O)C[C@@H]2O)c2ccc(OC)cc2)cc1. The fourth-order valence-corrected chi connectivity index (χ4v) is 5.39. The zero-order chi connectivity index (χ0) is 30.7. The van der Waals surface area contributed by atoms with Crippen LogP contribution in [0.25, 0.3) is 11.2 Å². The first-order valence-corrected chi connectivity index (χ1v) is 13.8. The normalized spacial score (nSPS) is 18.1. The van der Waals surface area contributed by atoms with Crippen molar-refractivity contribution in [1.82, 2.24) is 24.6 Å². The van der Waals surface area contributed by atoms with E-state index in [1.165, 1.54) is 13.3 Å². The number of carbonyl (C=O) groups excluding carboxylic acids is 2. The van der Waals surface area contributed by atoms with Crippen molar-refractivity contribution in [2.24, 2.45) is 0 Å². The lowest BCUT2D eigenvalue weighted by molar-refractivity contribution is -0.182. The summed E-state index contributed by atoms with van der Waals surface area (Å²) in [7, 11) is 3.21. The van der Waals surface area contributed by atoms with E-state index >= 15 is 0 Å². The Bertz CT molecular complexity index is 1550. The van der Waals surface area contributed by atoms with Gasteiger partial charge in [0, 0.05) is 6.92 Å². The predicted molar refractivity (Wildman–Crippen MR) is 155 cm³/mol. The van der Waals surface area contributed by atoms with Crippen molar-refractivity contribution in [2.75, 3.05) is 26.1 Å². The highest BCUT2D eigenvalue weighted by atomic mass is 35.5. The number of amides is 1. The second kappa shape index (κ2) is 12.8. The summed E-state index contributed by atoms with van der Waals surface area (Å²) in [6.45, 7) is 0.569. The second-order valence-electron chi connectivity index (χ2n) is 10.1. The summed E-state index contributed by atoms with van der Waals surface area (Å²) in [5.41, 5.74) is 2.62. The third-order valence-electron chi connectivity index (χ3n) is 7.40. The van der Waals surface area contributed by atoms with Crippen LogP contribution in [-0.2, 0) is 14.3 Å². The second-order valence-corrected chi connectivity index (χ2v) is 10.4. The van der Waals surface area contributed by atoms with E-state index in [0.717, 1.165) is 11.1 Å². The van der Waals surface area contributed by atoms with E-state index in [9.17, 15) is 19.9 Å². The molecule has 13 nitrogen and oxygen atoms in total. The number of imidazole rings is 1. The smallest absolute Gasteiger partial charge is 0.303 e. The zero-order valence-corrected chi connectivity index (χ0v) is 24.4. The van der Waals surface area contributed by atoms with Gasteiger partial charge >= 0.3 is 5.97 Å². The van der Waals surface area contributed by atoms with Crippen LogP contribution in [0.3, 0.4) is 0 Å². The molecule has 0 aliphatic heterocycles. The molecule has 14 heteroatoms. The van der Waals surface area contributed by atoms with Crippen LogP contribution in [0.4, 0.5) is 5.82 Å². The number of nitrogens with one attached hydrogen (secondary N) is 1. The van der Waals surface area contributed by atoms with Crippen LogP contribution < -0.4 is 14.8 Å². The average Bonchev–Trinajstić information content (AvgIpc) is 3.61. The van der Waals surface area contributed by atoms with Crippen LogP contribution in [-0.4, -0.2) is 79.7 Å². The Labute approximate surface area is 251 Å². The van der Waals surface area contributed by atoms with Gasteiger partial charge in [0.05, 0.1) is 44.8 Å². The zero-order valence-electron chi connectivity index (χ0n) is 23.7. The Hall–Kier alpha value is -4.46. The maximum absolute atomic E-state index is 12.3. The summed E-state index contributed by atoms with van der Waals surface area (Å²) in [6, 6.07) is 13.6. The minimum atomic E-state index is -0.935. The minimum Gasteiger partial charge on any atom is -0.497 e. The van der Waals surface area contributed by atoms with Crippen LogP contribution in [0.2, 0.25) is 5.28 Å². The number of benzene rings is 2. The van der Waals surface area contributed by atoms with Gasteiger partial charge in [-0.05, 0) is 59.8 Å². The van der Waals surface area contributed by atoms with Crippen molar-refractivity contribution in [3.05, 3.63) is 71.3 Å². The molecular weight excluding hydrogens is 580 g/mol. The standard InChI is InChI=1S/C29H31ClN6O7/c1-16(37)43-14-24(39)36(40)19-12-22(23(38)13-19)35-15-31-26-27(33-29(30)34-28(26)35)32-25(17-4-8-20(41-2)9-5-17)18-6-10-21(42-3)11-7-18/h4-11,15,19,22-23,25,38,40H,12-14H2,1-3H3,(H,32,33,34)/t19?,22-,23+/m1/s1. The summed E-state index contributed by atoms with van der Waals surface area (Å²) in [4.78, 5) is 36.7. The number of esters is 1. The number of hydroxylamine groups is 2. The van der Waals surface area contributed by atoms with Crippen molar-refractivity contribution in [1.29, 1.82) is 0 Å². The van der Waals surface area contributed by atoms with Crippen LogP contribution in [0.15, 0.2) is 54.9 Å². The average molecular weight is 611 g/mol. The molecule has 0 bridgehead atoms. The molecule has 1 fully saturated rings. The predicted octanol–water partition coefficient (Wildman–Crippen LogP) is 3.54. The monoisotopic (exact) mass is 610 g/mol. The number of methoxy groups -OCH3 is 2. The minimum absolute atomic E-state index is 0.0376. The number of hydrogen-bond donors (Lipinski definition) is 3. The molecule has 4 aromatic rings. The van der Waals surface area contributed by atoms with E-state index in [0.29, 0.717) is 33.5 Å². The number of aliphatic hydroxyl groups excluding tert-OH is 1. The summed E-state index contributed by atoms with van der Waals surface area (Å²) in [5, 5.41) is 25.3. The number of aliphatic hydroxyl groups is 1. The number of halogens is 1. The third kappa shape index (κ3) is 6.48. The molecule has 1 unspecified atom stereocenters. The first-order chi connectivity index (χ1) is 20.7. The van der Waals surface area contributed by atoms with E-state index in [-0.39, 0.29) is 24.2 Å². The highest BCUT2D eigenvalue weighted by Crippen LogP contribution is 2.37. The number of fused-ring (bicyclic) bond motifs is 1. The summed E-state index contributed by atoms with van der Waals surface area (Å²) in [5.74, 6) is 0.370. The molecule has 2 aromatic carbocycles. The number of anilines is 1. The molecule has 0 saturated heterocycles. The van der Waals surface area contributed by atoms with Crippen molar-refractivity contribution < 1.29 is 34.1 Å². The molecule has 1 aliphatic rings. The molecule has 0 spiro atoms. The molecular formula is C29H31ClN6O7. The van der Waals surface area contributed by atoms with Gasteiger partial charge < -0.3 is 29.2 Å². The summed E-state index contributed by atoms with van der Waals surface area (Å²) < 4.78 is 17.0. The Morgan fingerprint density at radius 1 is 1.05 bits per heavy atom. The van der Waals surface area contributed by atoms with E-state index in [1.807, 2.05) is 48.5 Å². The van der Waals surface area contributed by atoms with Gasteiger partial charge in [-0.2, -0.15) is 9.97 Å². The topological polar surface area (TPSA) is 161 Å². The highest BCUT2D eigenvalue weighted by molar-refractivity contribution is 6.28. The van der Waals surface area contributed by atoms with E-state index in [2.05, 4.69) is 20.3 Å². The van der Waals surface area contributed by atoms with Gasteiger partial charge in [0.1, 0.15) is 11.5 Å². The van der Waals surface area contributed by atoms with Gasteiger partial charge in [-0.15, -0.1) is 0 Å². The molecule has 43 heavy (non-hydrogen) atoms. The third-order valence-corrected chi connectivity index (χ3v) is 7.57. The number of nitrogens with zero attached hydrogens (tertiary/aromatic N) is 5. The van der Waals surface area contributed by atoms with E-state index < -0.39 is 36.7 Å². The van der Waals surface area contributed by atoms with Crippen LogP contribution >= 0.6 is 11.6 Å². The highest BCUT2D eigenvalue weighted by Gasteiger charge is 2.40. The summed E-state index contributed by atoms with van der Waals surface area (Å²) in [6.07, 6.45) is 0.873. The molecule has 1 amide bonds. The lowest BCUT2D eigenvalue weighted by atomic mass is 9.98. The molecule has 2 heterocycles. The van der Waals surface area contributed by atoms with Crippen molar-refractivity contribution in [3.8, 4) is 11.5 Å². The lowest BCUT2D eigenvalue weighted by Gasteiger charge is -2.22. The van der Waals surface area contributed by atoms with Crippen molar-refractivity contribution >= 4 is 40.5 Å². The molecule has 226 valence electrons. The molecule has 1 aliphatic carbocycles. The molecule has 3 N–H and O–H groups in total. The first-order valence-electron chi connectivity index (χ1n) is 13.4. The molecule has 1 saturated carbocycles. The van der Waals surface area contributed by atoms with E-state index in [4.69, 9.17) is 25.8 Å². The van der Waals surface area contributed by atoms with Crippen molar-refractivity contribution in [3.63, 3.8) is 0 Å². The van der Waals surface area contributed by atoms with E-state index in [1.54, 1.807) is 18.8 Å². The Morgan fingerprint density at radius 2 is 1.65 bits per heavy atom. The molecule has 0 radical (unpaired) electrons. The largest absolute Gasteiger partial charge is 0.497 e. The Kier molecular flexibility index (Phi) is 8.94. The molecule has 2 aromatic heterocycles. The quantitative estimate of drug-likeness (QED) is 0.104. The van der Waals surface area contributed by atoms with Gasteiger partial charge in [-0.1, -0.05) is 24.3 Å². The van der Waals surface area contributed by atoms with Gasteiger partial charge in [-0.25, -0.2) is 10.0 Å². The maximum Gasteiger partial charge on any atom is 0.303 e. The lowest BCUT2D eigenvalue weighted by Crippen LogP contribution is -2.39. The Balaban J connectivity index is 1.45. The molecule has 5 rings (SSSR count). The van der Waals surface area contributed by atoms with Crippen molar-refractivity contribution in [2.45, 2.75) is 44.0 Å². The number of aromatic nitrogens is 4. The summed E-state index contributed by atoms with van der Waals surface area (Å²) >= 11 is 6.40. The maximum atomic E-state index is 12.3. The molecule has 3 atom stereocenters. The first kappa shape index (κ1) is 30.0. The fourth-order valence-electron chi connectivity index (χ4n) is 5.22. The number of ether oxygens (including phenoxy) is 3. The Morgan fingerprint density at radius 3 is 2.21 bits per heavy atom. The fraction of sp³-hybridized carbons (Fsp3) is 0.345. The number of rotatable bonds is 10. The van der Waals surface area contributed by atoms with Gasteiger partial charge in [0.2, 0.25) is 5.28 Å². The van der Waals surface area contributed by atoms with Crippen LogP contribution in [0, 0.1) is 0 Å². The number of hydrogen-bond acceptors (Lipinski definition) is 11. The van der Waals surface area contributed by atoms with Gasteiger partial charge in [-0.3, -0.25) is 14.8 Å². The van der Waals surface area contributed by atoms with Crippen LogP contribution in [0.1, 0.15) is 43.0 Å².